The molecule has 2 atom stereocenters. The van der Waals surface area contributed by atoms with Gasteiger partial charge in [0.25, 0.3) is 0 Å². The topological polar surface area (TPSA) is 42.4 Å². The summed E-state index contributed by atoms with van der Waals surface area (Å²) in [5, 5.41) is 0. The van der Waals surface area contributed by atoms with E-state index in [-0.39, 0.29) is 11.5 Å². The number of likely N-dealkylation sites (tertiary alicyclic amines) is 1. The Kier molecular flexibility index (Phi) is 4.24. The van der Waals surface area contributed by atoms with Crippen molar-refractivity contribution < 1.29 is 9.53 Å². The first-order chi connectivity index (χ1) is 10.2. The average molecular weight is 288 g/mol. The summed E-state index contributed by atoms with van der Waals surface area (Å²) < 4.78 is 6.11. The van der Waals surface area contributed by atoms with Crippen molar-refractivity contribution in [3.05, 3.63) is 30.1 Å². The zero-order chi connectivity index (χ0) is 14.7. The fraction of sp³-hybridized carbons (Fsp3) is 0.647. The van der Waals surface area contributed by atoms with E-state index in [2.05, 4.69) is 11.9 Å². The molecule has 0 radical (unpaired) electrons. The van der Waals surface area contributed by atoms with Gasteiger partial charge in [-0.15, -0.1) is 0 Å². The Balaban J connectivity index is 1.62. The van der Waals surface area contributed by atoms with Crippen molar-refractivity contribution in [3.63, 3.8) is 0 Å². The van der Waals surface area contributed by atoms with Crippen molar-refractivity contribution in [2.24, 2.45) is 5.92 Å². The molecule has 2 saturated heterocycles. The van der Waals surface area contributed by atoms with Crippen LogP contribution in [-0.2, 0) is 16.0 Å². The van der Waals surface area contributed by atoms with Gasteiger partial charge in [-0.25, -0.2) is 0 Å². The normalized spacial score (nSPS) is 29.0. The lowest BCUT2D eigenvalue weighted by atomic mass is 9.85. The Morgan fingerprint density at radius 1 is 1.48 bits per heavy atom. The van der Waals surface area contributed by atoms with Crippen LogP contribution in [0.4, 0.5) is 0 Å². The molecule has 0 saturated carbocycles. The van der Waals surface area contributed by atoms with Crippen LogP contribution in [0, 0.1) is 5.92 Å². The van der Waals surface area contributed by atoms with Crippen LogP contribution in [0.25, 0.3) is 0 Å². The third kappa shape index (κ3) is 3.26. The molecule has 2 unspecified atom stereocenters. The lowest BCUT2D eigenvalue weighted by Crippen LogP contribution is -2.50. The molecule has 1 aromatic rings. The van der Waals surface area contributed by atoms with Gasteiger partial charge in [-0.1, -0.05) is 13.3 Å². The molecule has 21 heavy (non-hydrogen) atoms. The first-order valence-electron chi connectivity index (χ1n) is 8.01. The number of carbonyl (C=O) groups is 1. The highest BCUT2D eigenvalue weighted by molar-refractivity contribution is 5.79. The molecular weight excluding hydrogens is 264 g/mol. The third-order valence-corrected chi connectivity index (χ3v) is 4.86. The number of pyridine rings is 1. The van der Waals surface area contributed by atoms with Crippen molar-refractivity contribution >= 4 is 5.91 Å². The quantitative estimate of drug-likeness (QED) is 0.858. The number of hydrogen-bond acceptors (Lipinski definition) is 3. The Hall–Kier alpha value is -1.42. The molecule has 4 heteroatoms. The molecule has 0 N–H and O–H groups in total. The van der Waals surface area contributed by atoms with E-state index in [0.717, 1.165) is 44.5 Å². The second-order valence-corrected chi connectivity index (χ2v) is 6.42. The Labute approximate surface area is 126 Å². The highest BCUT2D eigenvalue weighted by atomic mass is 16.5. The van der Waals surface area contributed by atoms with Gasteiger partial charge < -0.3 is 9.64 Å². The summed E-state index contributed by atoms with van der Waals surface area (Å²) in [4.78, 5) is 18.5. The van der Waals surface area contributed by atoms with E-state index < -0.39 is 0 Å². The average Bonchev–Trinajstić information content (AvgIpc) is 2.91. The molecule has 2 fully saturated rings. The van der Waals surface area contributed by atoms with Crippen LogP contribution in [0.2, 0.25) is 0 Å². The van der Waals surface area contributed by atoms with Gasteiger partial charge in [0.1, 0.15) is 0 Å². The summed E-state index contributed by atoms with van der Waals surface area (Å²) in [6, 6.07) is 3.83. The number of ether oxygens (including phenoxy) is 1. The number of rotatable bonds is 3. The maximum atomic E-state index is 12.5. The van der Waals surface area contributed by atoms with Gasteiger partial charge in [-0.3, -0.25) is 9.78 Å². The maximum absolute atomic E-state index is 12.5. The van der Waals surface area contributed by atoms with Crippen molar-refractivity contribution in [1.29, 1.82) is 0 Å². The molecule has 2 aliphatic rings. The van der Waals surface area contributed by atoms with Gasteiger partial charge in [0, 0.05) is 25.5 Å². The van der Waals surface area contributed by atoms with Crippen LogP contribution >= 0.6 is 0 Å². The van der Waals surface area contributed by atoms with Crippen LogP contribution in [0.15, 0.2) is 24.5 Å². The Morgan fingerprint density at radius 3 is 3.00 bits per heavy atom. The van der Waals surface area contributed by atoms with Crippen LogP contribution in [0.3, 0.4) is 0 Å². The predicted octanol–water partition coefficient (Wildman–Crippen LogP) is 2.43. The van der Waals surface area contributed by atoms with Gasteiger partial charge >= 0.3 is 0 Å². The molecule has 1 amide bonds. The first kappa shape index (κ1) is 14.5. The number of amides is 1. The van der Waals surface area contributed by atoms with E-state index in [0.29, 0.717) is 12.3 Å². The van der Waals surface area contributed by atoms with Gasteiger partial charge in [-0.05, 0) is 42.9 Å². The molecule has 0 aliphatic carbocycles. The molecule has 1 spiro atoms. The molecule has 3 rings (SSSR count). The van der Waals surface area contributed by atoms with Crippen LogP contribution in [-0.4, -0.2) is 41.1 Å². The molecule has 114 valence electrons. The van der Waals surface area contributed by atoms with Crippen molar-refractivity contribution in [2.75, 3.05) is 19.7 Å². The van der Waals surface area contributed by atoms with E-state index in [4.69, 9.17) is 4.74 Å². The third-order valence-electron chi connectivity index (χ3n) is 4.86. The summed E-state index contributed by atoms with van der Waals surface area (Å²) in [6.45, 7) is 4.73. The maximum Gasteiger partial charge on any atom is 0.227 e. The van der Waals surface area contributed by atoms with Crippen molar-refractivity contribution in [1.82, 2.24) is 9.88 Å². The lowest BCUT2D eigenvalue weighted by Gasteiger charge is -2.40. The van der Waals surface area contributed by atoms with Crippen LogP contribution in [0.1, 0.15) is 38.2 Å². The number of aromatic nitrogens is 1. The van der Waals surface area contributed by atoms with Gasteiger partial charge in [-0.2, -0.15) is 0 Å². The van der Waals surface area contributed by atoms with E-state index >= 15 is 0 Å². The summed E-state index contributed by atoms with van der Waals surface area (Å²) in [6.07, 6.45) is 8.39. The first-order valence-corrected chi connectivity index (χ1v) is 8.01. The second-order valence-electron chi connectivity index (χ2n) is 6.42. The SMILES string of the molecule is CCC1COC2(CCCN(C(=O)Cc3ccncc3)C2)C1. The van der Waals surface area contributed by atoms with Crippen LogP contribution < -0.4 is 0 Å². The number of piperidine rings is 1. The second kappa shape index (κ2) is 6.14. The zero-order valence-corrected chi connectivity index (χ0v) is 12.8. The molecule has 4 nitrogen and oxygen atoms in total. The molecule has 2 aliphatic heterocycles. The van der Waals surface area contributed by atoms with Gasteiger partial charge in [0.2, 0.25) is 5.91 Å². The van der Waals surface area contributed by atoms with Crippen molar-refractivity contribution in [2.45, 2.75) is 44.6 Å². The molecule has 3 heterocycles. The predicted molar refractivity (Wildman–Crippen MR) is 80.8 cm³/mol. The highest BCUT2D eigenvalue weighted by Crippen LogP contribution is 2.38. The van der Waals surface area contributed by atoms with E-state index in [1.807, 2.05) is 17.0 Å². The van der Waals surface area contributed by atoms with E-state index in [9.17, 15) is 4.79 Å². The Morgan fingerprint density at radius 2 is 2.29 bits per heavy atom. The number of nitrogens with zero attached hydrogens (tertiary/aromatic N) is 2. The minimum absolute atomic E-state index is 0.0627. The highest BCUT2D eigenvalue weighted by Gasteiger charge is 2.43. The standard InChI is InChI=1S/C17H24N2O2/c1-2-14-11-17(21-12-14)6-3-9-19(13-17)16(20)10-15-4-7-18-8-5-15/h4-5,7-8,14H,2-3,6,9-13H2,1H3. The summed E-state index contributed by atoms with van der Waals surface area (Å²) in [5.41, 5.74) is 0.973. The number of hydrogen-bond donors (Lipinski definition) is 0. The summed E-state index contributed by atoms with van der Waals surface area (Å²) in [5.74, 6) is 0.879. The fourth-order valence-electron chi connectivity index (χ4n) is 3.58. The minimum Gasteiger partial charge on any atom is -0.373 e. The molecule has 0 bridgehead atoms. The summed E-state index contributed by atoms with van der Waals surface area (Å²) in [7, 11) is 0. The fourth-order valence-corrected chi connectivity index (χ4v) is 3.58. The summed E-state index contributed by atoms with van der Waals surface area (Å²) >= 11 is 0. The smallest absolute Gasteiger partial charge is 0.227 e. The van der Waals surface area contributed by atoms with Crippen LogP contribution in [0.5, 0.6) is 0 Å². The van der Waals surface area contributed by atoms with Crippen molar-refractivity contribution in [3.8, 4) is 0 Å². The minimum atomic E-state index is -0.0627. The largest absolute Gasteiger partial charge is 0.373 e. The Bertz CT molecular complexity index is 491. The van der Waals surface area contributed by atoms with Gasteiger partial charge in [0.05, 0.1) is 18.6 Å². The van der Waals surface area contributed by atoms with E-state index in [1.54, 1.807) is 12.4 Å². The van der Waals surface area contributed by atoms with E-state index in [1.165, 1.54) is 6.42 Å². The van der Waals surface area contributed by atoms with Gasteiger partial charge in [0.15, 0.2) is 0 Å². The molecule has 0 aromatic carbocycles. The zero-order valence-electron chi connectivity index (χ0n) is 12.8. The monoisotopic (exact) mass is 288 g/mol. The molecule has 1 aromatic heterocycles. The number of carbonyl (C=O) groups excluding carboxylic acids is 1. The lowest BCUT2D eigenvalue weighted by molar-refractivity contribution is -0.138. The molecular formula is C17H24N2O2.